The van der Waals surface area contributed by atoms with Crippen LogP contribution in [0.15, 0.2) is 75.7 Å². The Balaban J connectivity index is 1.67. The van der Waals surface area contributed by atoms with Gasteiger partial charge in [-0.05, 0) is 73.2 Å². The van der Waals surface area contributed by atoms with Crippen molar-refractivity contribution in [1.82, 2.24) is 0 Å². The van der Waals surface area contributed by atoms with E-state index in [4.69, 9.17) is 8.83 Å². The second kappa shape index (κ2) is 8.16. The normalized spacial score (nSPS) is 12.3. The number of furan rings is 2. The first-order chi connectivity index (χ1) is 18.3. The predicted octanol–water partition coefficient (Wildman–Crippen LogP) is 9.08. The highest BCUT2D eigenvalue weighted by Gasteiger charge is 2.27. The molecule has 38 heavy (non-hydrogen) atoms. The molecule has 0 N–H and O–H groups in total. The second-order valence-electron chi connectivity index (χ2n) is 11.0. The summed E-state index contributed by atoms with van der Waals surface area (Å²) in [5.41, 5.74) is 8.89. The molecule has 0 spiro atoms. The summed E-state index contributed by atoms with van der Waals surface area (Å²) >= 11 is 0. The van der Waals surface area contributed by atoms with Crippen LogP contribution in [-0.4, -0.2) is 0 Å². The number of aryl methyl sites for hydroxylation is 2. The summed E-state index contributed by atoms with van der Waals surface area (Å²) in [5.74, 6) is 0.191. The Labute approximate surface area is 220 Å². The van der Waals surface area contributed by atoms with Crippen molar-refractivity contribution in [1.29, 1.82) is 0 Å². The summed E-state index contributed by atoms with van der Waals surface area (Å²) in [5, 5.41) is 6.48. The molecular weight excluding hydrogens is 473 g/mol. The van der Waals surface area contributed by atoms with Gasteiger partial charge in [0.2, 0.25) is 5.69 Å². The van der Waals surface area contributed by atoms with E-state index in [-0.39, 0.29) is 5.82 Å². The first kappa shape index (κ1) is 23.0. The van der Waals surface area contributed by atoms with Gasteiger partial charge in [0.1, 0.15) is 35.2 Å². The number of aromatic nitrogens is 1. The number of rotatable bonds is 3. The molecule has 7 rings (SSSR count). The molecule has 3 aromatic heterocycles. The number of hydrogen-bond donors (Lipinski definition) is 0. The van der Waals surface area contributed by atoms with Gasteiger partial charge in [-0.2, -0.15) is 0 Å². The molecule has 3 nitrogen and oxygen atoms in total. The Morgan fingerprint density at radius 1 is 0.789 bits per heavy atom. The third-order valence-corrected chi connectivity index (χ3v) is 7.95. The maximum absolute atomic E-state index is 14.1. The average molecular weight is 503 g/mol. The predicted molar refractivity (Wildman–Crippen MR) is 153 cm³/mol. The Bertz CT molecular complexity index is 2080. The van der Waals surface area contributed by atoms with E-state index in [1.54, 1.807) is 0 Å². The molecule has 0 aliphatic rings. The van der Waals surface area contributed by atoms with Crippen molar-refractivity contribution in [3.05, 3.63) is 89.4 Å². The van der Waals surface area contributed by atoms with Crippen LogP contribution in [0.1, 0.15) is 30.5 Å². The number of halogens is 1. The lowest BCUT2D eigenvalue weighted by Crippen LogP contribution is -2.31. The van der Waals surface area contributed by atoms with Crippen LogP contribution >= 0.6 is 0 Å². The number of fused-ring (bicyclic) bond motifs is 8. The van der Waals surface area contributed by atoms with Crippen LogP contribution in [0, 0.1) is 25.6 Å². The van der Waals surface area contributed by atoms with E-state index < -0.39 is 0 Å². The number of para-hydroxylation sites is 1. The molecule has 0 saturated heterocycles. The maximum Gasteiger partial charge on any atom is 0.224 e. The number of pyridine rings is 1. The lowest BCUT2D eigenvalue weighted by Gasteiger charge is -2.13. The largest absolute Gasteiger partial charge is 0.455 e. The van der Waals surface area contributed by atoms with E-state index in [2.05, 4.69) is 75.8 Å². The molecule has 3 heterocycles. The highest BCUT2D eigenvalue weighted by molar-refractivity contribution is 6.19. The SMILES string of the molecule is Cc1cc2c(oc3cc(F)ccc32)c(-c2c3cc(CC(C)C)c4c5ccccc5oc4c3cc[n+]2C)c1C. The van der Waals surface area contributed by atoms with E-state index in [0.29, 0.717) is 11.5 Å². The Hall–Kier alpha value is -4.18. The molecule has 188 valence electrons. The third-order valence-electron chi connectivity index (χ3n) is 7.95. The van der Waals surface area contributed by atoms with Gasteiger partial charge in [-0.3, -0.25) is 0 Å². The first-order valence-corrected chi connectivity index (χ1v) is 13.2. The zero-order valence-electron chi connectivity index (χ0n) is 22.3. The first-order valence-electron chi connectivity index (χ1n) is 13.2. The Morgan fingerprint density at radius 2 is 1.58 bits per heavy atom. The third kappa shape index (κ3) is 3.22. The van der Waals surface area contributed by atoms with Crippen LogP contribution in [0.25, 0.3) is 65.9 Å². The van der Waals surface area contributed by atoms with Crippen molar-refractivity contribution in [2.75, 3.05) is 0 Å². The number of nitrogens with zero attached hydrogens (tertiary/aromatic N) is 1. The Kier molecular flexibility index (Phi) is 4.93. The fraction of sp³-hybridized carbons (Fsp3) is 0.206. The summed E-state index contributed by atoms with van der Waals surface area (Å²) in [4.78, 5) is 0. The second-order valence-corrected chi connectivity index (χ2v) is 11.0. The van der Waals surface area contributed by atoms with Crippen molar-refractivity contribution in [2.24, 2.45) is 13.0 Å². The Morgan fingerprint density at radius 3 is 2.39 bits per heavy atom. The molecule has 0 amide bonds. The zero-order chi connectivity index (χ0) is 26.3. The van der Waals surface area contributed by atoms with E-state index in [9.17, 15) is 4.39 Å². The number of hydrogen-bond acceptors (Lipinski definition) is 2. The molecule has 0 bridgehead atoms. The lowest BCUT2D eigenvalue weighted by atomic mass is 9.90. The van der Waals surface area contributed by atoms with Crippen LogP contribution in [0.4, 0.5) is 4.39 Å². The smallest absolute Gasteiger partial charge is 0.224 e. The summed E-state index contributed by atoms with van der Waals surface area (Å²) in [6.45, 7) is 8.79. The van der Waals surface area contributed by atoms with E-state index in [0.717, 1.165) is 66.9 Å². The molecule has 0 aliphatic carbocycles. The monoisotopic (exact) mass is 502 g/mol. The van der Waals surface area contributed by atoms with Crippen molar-refractivity contribution in [3.8, 4) is 11.3 Å². The fourth-order valence-electron chi connectivity index (χ4n) is 6.12. The summed E-state index contributed by atoms with van der Waals surface area (Å²) < 4.78 is 29.3. The van der Waals surface area contributed by atoms with Gasteiger partial charge in [0.05, 0.1) is 10.9 Å². The van der Waals surface area contributed by atoms with Gasteiger partial charge >= 0.3 is 0 Å². The molecule has 7 aromatic rings. The fourth-order valence-corrected chi connectivity index (χ4v) is 6.12. The van der Waals surface area contributed by atoms with Gasteiger partial charge in [0.15, 0.2) is 6.20 Å². The van der Waals surface area contributed by atoms with E-state index >= 15 is 0 Å². The minimum atomic E-state index is -0.298. The van der Waals surface area contributed by atoms with Crippen LogP contribution in [0.3, 0.4) is 0 Å². The summed E-state index contributed by atoms with van der Waals surface area (Å²) in [6, 6.07) is 19.8. The molecular formula is C34H29FNO2+. The molecule has 0 fully saturated rings. The standard InChI is InChI=1S/C34H29FNO2/c1-18(2)14-21-16-26-24(33-31(21)25-8-6-7-9-28(25)37-33)12-13-36(5)32(26)30-20(4)19(3)15-27-23-11-10-22(35)17-29(23)38-34(27)30/h6-13,15-18H,14H2,1-5H3/q+1. The molecule has 4 heteroatoms. The molecule has 0 atom stereocenters. The average Bonchev–Trinajstić information content (AvgIpc) is 3.43. The van der Waals surface area contributed by atoms with Crippen molar-refractivity contribution >= 4 is 54.6 Å². The van der Waals surface area contributed by atoms with Crippen molar-refractivity contribution in [3.63, 3.8) is 0 Å². The van der Waals surface area contributed by atoms with Gasteiger partial charge in [0.25, 0.3) is 0 Å². The molecule has 0 saturated carbocycles. The minimum Gasteiger partial charge on any atom is -0.455 e. The molecule has 0 aliphatic heterocycles. The number of benzene rings is 4. The maximum atomic E-state index is 14.1. The molecule has 4 aromatic carbocycles. The topological polar surface area (TPSA) is 30.2 Å². The lowest BCUT2D eigenvalue weighted by molar-refractivity contribution is -0.659. The highest BCUT2D eigenvalue weighted by atomic mass is 19.1. The van der Waals surface area contributed by atoms with Gasteiger partial charge in [-0.25, -0.2) is 8.96 Å². The quantitative estimate of drug-likeness (QED) is 0.226. The minimum absolute atomic E-state index is 0.298. The van der Waals surface area contributed by atoms with Crippen LogP contribution in [0.2, 0.25) is 0 Å². The van der Waals surface area contributed by atoms with E-state index in [1.165, 1.54) is 28.6 Å². The molecule has 0 radical (unpaired) electrons. The van der Waals surface area contributed by atoms with E-state index in [1.807, 2.05) is 18.2 Å². The van der Waals surface area contributed by atoms with Crippen LogP contribution < -0.4 is 4.57 Å². The highest BCUT2D eigenvalue weighted by Crippen LogP contribution is 2.43. The summed E-state index contributed by atoms with van der Waals surface area (Å²) in [7, 11) is 2.08. The van der Waals surface area contributed by atoms with Crippen molar-refractivity contribution < 1.29 is 17.8 Å². The van der Waals surface area contributed by atoms with Gasteiger partial charge < -0.3 is 8.83 Å². The zero-order valence-corrected chi connectivity index (χ0v) is 22.3. The van der Waals surface area contributed by atoms with Gasteiger partial charge in [-0.15, -0.1) is 0 Å². The summed E-state index contributed by atoms with van der Waals surface area (Å²) in [6.07, 6.45) is 3.04. The van der Waals surface area contributed by atoms with Gasteiger partial charge in [-0.1, -0.05) is 32.0 Å². The van der Waals surface area contributed by atoms with Gasteiger partial charge in [0, 0.05) is 39.1 Å². The van der Waals surface area contributed by atoms with Crippen LogP contribution in [0.5, 0.6) is 0 Å². The molecule has 0 unspecified atom stereocenters. The van der Waals surface area contributed by atoms with Crippen molar-refractivity contribution in [2.45, 2.75) is 34.1 Å². The van der Waals surface area contributed by atoms with Crippen LogP contribution in [-0.2, 0) is 13.5 Å².